The van der Waals surface area contributed by atoms with Crippen LogP contribution in [-0.4, -0.2) is 42.2 Å². The highest BCUT2D eigenvalue weighted by molar-refractivity contribution is 7.90. The highest BCUT2D eigenvalue weighted by Gasteiger charge is 2.21. The van der Waals surface area contributed by atoms with Gasteiger partial charge in [0.05, 0.1) is 0 Å². The number of sulfone groups is 1. The summed E-state index contributed by atoms with van der Waals surface area (Å²) in [5, 5.41) is 4.76. The maximum Gasteiger partial charge on any atom is 0.412 e. The van der Waals surface area contributed by atoms with Crippen molar-refractivity contribution in [1.82, 2.24) is 9.97 Å². The number of para-hydroxylation sites is 1. The van der Waals surface area contributed by atoms with Crippen LogP contribution in [-0.2, 0) is 14.6 Å². The quantitative estimate of drug-likeness (QED) is 0.495. The molecule has 3 aromatic rings. The number of benzene rings is 2. The van der Waals surface area contributed by atoms with Crippen LogP contribution in [0.5, 0.6) is 11.6 Å². The molecule has 0 spiro atoms. The summed E-state index contributed by atoms with van der Waals surface area (Å²) in [6.07, 6.45) is 1.37. The largest absolute Gasteiger partial charge is 0.444 e. The maximum atomic E-state index is 12.8. The van der Waals surface area contributed by atoms with Gasteiger partial charge in [-0.05, 0) is 45.0 Å². The topological polar surface area (TPSA) is 137 Å². The summed E-state index contributed by atoms with van der Waals surface area (Å²) in [7, 11) is -3.77. The molecule has 0 bridgehead atoms. The molecule has 2 amide bonds. The van der Waals surface area contributed by atoms with Crippen molar-refractivity contribution in [1.29, 1.82) is 0 Å². The Morgan fingerprint density at radius 2 is 1.62 bits per heavy atom. The second kappa shape index (κ2) is 9.87. The molecule has 1 heterocycles. The maximum absolute atomic E-state index is 12.8. The number of nitrogens with zero attached hydrogens (tertiary/aromatic N) is 2. The zero-order chi connectivity index (χ0) is 24.9. The van der Waals surface area contributed by atoms with E-state index in [2.05, 4.69) is 20.6 Å². The number of nitrogens with one attached hydrogen (secondary N) is 2. The molecule has 2 aromatic carbocycles. The van der Waals surface area contributed by atoms with Crippen LogP contribution < -0.4 is 15.4 Å². The van der Waals surface area contributed by atoms with Crippen molar-refractivity contribution in [2.24, 2.45) is 0 Å². The van der Waals surface area contributed by atoms with Crippen LogP contribution in [0.3, 0.4) is 0 Å². The molecule has 1 aromatic heterocycles. The lowest BCUT2D eigenvalue weighted by Crippen LogP contribution is -2.27. The van der Waals surface area contributed by atoms with Gasteiger partial charge in [0, 0.05) is 29.9 Å². The first-order valence-electron chi connectivity index (χ1n) is 10.1. The molecule has 0 unspecified atom stereocenters. The molecule has 11 heteroatoms. The van der Waals surface area contributed by atoms with Crippen molar-refractivity contribution in [2.75, 3.05) is 16.9 Å². The number of carbonyl (C=O) groups excluding carboxylic acids is 2. The fraction of sp³-hybridized carbons (Fsp3) is 0.217. The predicted molar refractivity (Wildman–Crippen MR) is 126 cm³/mol. The smallest absolute Gasteiger partial charge is 0.412 e. The summed E-state index contributed by atoms with van der Waals surface area (Å²) in [6.45, 7) is 5.22. The predicted octanol–water partition coefficient (Wildman–Crippen LogP) is 4.27. The van der Waals surface area contributed by atoms with Gasteiger partial charge in [0.1, 0.15) is 16.9 Å². The number of aromatic nitrogens is 2. The Bertz CT molecular complexity index is 1300. The highest BCUT2D eigenvalue weighted by atomic mass is 32.2. The lowest BCUT2D eigenvalue weighted by atomic mass is 10.2. The molecule has 2 N–H and O–H groups in total. The molecule has 178 valence electrons. The van der Waals surface area contributed by atoms with Crippen LogP contribution in [0.1, 0.15) is 31.1 Å². The average molecular weight is 485 g/mol. The minimum atomic E-state index is -3.77. The van der Waals surface area contributed by atoms with Gasteiger partial charge < -0.3 is 14.8 Å². The van der Waals surface area contributed by atoms with Gasteiger partial charge in [0.2, 0.25) is 20.9 Å². The van der Waals surface area contributed by atoms with Gasteiger partial charge in [0.15, 0.2) is 0 Å². The number of hydrogen-bond acceptors (Lipinski definition) is 8. The van der Waals surface area contributed by atoms with Crippen molar-refractivity contribution < 1.29 is 27.5 Å². The summed E-state index contributed by atoms with van der Waals surface area (Å²) >= 11 is 0. The van der Waals surface area contributed by atoms with Crippen LogP contribution >= 0.6 is 0 Å². The molecule has 3 rings (SSSR count). The first-order valence-corrected chi connectivity index (χ1v) is 12.0. The zero-order valence-electron chi connectivity index (χ0n) is 19.0. The van der Waals surface area contributed by atoms with E-state index in [1.807, 2.05) is 0 Å². The second-order valence-electron chi connectivity index (χ2n) is 8.22. The van der Waals surface area contributed by atoms with E-state index in [9.17, 15) is 18.0 Å². The Morgan fingerprint density at radius 1 is 0.941 bits per heavy atom. The van der Waals surface area contributed by atoms with Crippen LogP contribution in [0, 0.1) is 0 Å². The minimum absolute atomic E-state index is 0.0817. The van der Waals surface area contributed by atoms with E-state index in [4.69, 9.17) is 9.47 Å². The molecule has 10 nitrogen and oxygen atoms in total. The van der Waals surface area contributed by atoms with E-state index >= 15 is 0 Å². The second-order valence-corrected chi connectivity index (χ2v) is 10.1. The summed E-state index contributed by atoms with van der Waals surface area (Å²) < 4.78 is 34.9. The molecule has 0 aliphatic rings. The molecular weight excluding hydrogens is 460 g/mol. The zero-order valence-corrected chi connectivity index (χ0v) is 19.8. The number of amides is 2. The first-order chi connectivity index (χ1) is 15.9. The van der Waals surface area contributed by atoms with Gasteiger partial charge >= 0.3 is 6.09 Å². The third kappa shape index (κ3) is 7.01. The summed E-state index contributed by atoms with van der Waals surface area (Å²) in [4.78, 5) is 32.6. The van der Waals surface area contributed by atoms with Crippen molar-refractivity contribution in [3.63, 3.8) is 0 Å². The Kier molecular flexibility index (Phi) is 7.16. The molecule has 0 aliphatic heterocycles. The third-order valence-corrected chi connectivity index (χ3v) is 4.89. The van der Waals surface area contributed by atoms with E-state index in [0.717, 1.165) is 12.5 Å². The van der Waals surface area contributed by atoms with Crippen LogP contribution in [0.15, 0.2) is 66.0 Å². The molecule has 0 aliphatic carbocycles. The van der Waals surface area contributed by atoms with Gasteiger partial charge in [0.25, 0.3) is 5.91 Å². The summed E-state index contributed by atoms with van der Waals surface area (Å²) in [5.74, 6) is -0.664. The molecule has 0 fully saturated rings. The fourth-order valence-electron chi connectivity index (χ4n) is 2.65. The molecule has 0 saturated heterocycles. The van der Waals surface area contributed by atoms with E-state index < -0.39 is 32.6 Å². The average Bonchev–Trinajstić information content (AvgIpc) is 2.72. The SMILES string of the molecule is CC(C)(C)OC(=O)Nc1cccc(Oc2nc(S(C)(=O)=O)ncc2C(=O)Nc2ccccc2)c1. The Labute approximate surface area is 197 Å². The van der Waals surface area contributed by atoms with Gasteiger partial charge in [-0.3, -0.25) is 10.1 Å². The summed E-state index contributed by atoms with van der Waals surface area (Å²) in [6, 6.07) is 14.9. The number of hydrogen-bond donors (Lipinski definition) is 2. The monoisotopic (exact) mass is 484 g/mol. The molecule has 34 heavy (non-hydrogen) atoms. The minimum Gasteiger partial charge on any atom is -0.444 e. The number of rotatable bonds is 6. The van der Waals surface area contributed by atoms with Crippen molar-refractivity contribution >= 4 is 33.2 Å². The number of anilines is 2. The first kappa shape index (κ1) is 24.6. The third-order valence-electron chi connectivity index (χ3n) is 4.03. The molecule has 0 atom stereocenters. The Hall–Kier alpha value is -3.99. The van der Waals surface area contributed by atoms with Crippen molar-refractivity contribution in [2.45, 2.75) is 31.5 Å². The van der Waals surface area contributed by atoms with E-state index in [1.165, 1.54) is 6.07 Å². The molecule has 0 radical (unpaired) electrons. The van der Waals surface area contributed by atoms with Crippen LogP contribution in [0.2, 0.25) is 0 Å². The van der Waals surface area contributed by atoms with Gasteiger partial charge in [-0.25, -0.2) is 18.2 Å². The van der Waals surface area contributed by atoms with E-state index in [1.54, 1.807) is 69.3 Å². The standard InChI is InChI=1S/C23H24N4O6S/c1-23(2,3)33-22(29)26-16-11-8-12-17(13-16)32-20-18(14-24-21(27-20)34(4,30)31)19(28)25-15-9-6-5-7-10-15/h5-14H,1-4H3,(H,25,28)(H,26,29). The summed E-state index contributed by atoms with van der Waals surface area (Å²) in [5.41, 5.74) is 0.123. The Balaban J connectivity index is 1.90. The van der Waals surface area contributed by atoms with Crippen molar-refractivity contribution in [3.8, 4) is 11.6 Å². The highest BCUT2D eigenvalue weighted by Crippen LogP contribution is 2.27. The van der Waals surface area contributed by atoms with Gasteiger partial charge in [-0.1, -0.05) is 24.3 Å². The van der Waals surface area contributed by atoms with Gasteiger partial charge in [-0.2, -0.15) is 4.98 Å². The normalized spacial score (nSPS) is 11.4. The van der Waals surface area contributed by atoms with E-state index in [0.29, 0.717) is 11.4 Å². The van der Waals surface area contributed by atoms with E-state index in [-0.39, 0.29) is 17.2 Å². The van der Waals surface area contributed by atoms with Gasteiger partial charge in [-0.15, -0.1) is 0 Å². The van der Waals surface area contributed by atoms with Crippen molar-refractivity contribution in [3.05, 3.63) is 66.4 Å². The number of carbonyl (C=O) groups is 2. The van der Waals surface area contributed by atoms with Crippen LogP contribution in [0.25, 0.3) is 0 Å². The molecule has 0 saturated carbocycles. The fourth-order valence-corrected chi connectivity index (χ4v) is 3.15. The lowest BCUT2D eigenvalue weighted by Gasteiger charge is -2.19. The Morgan fingerprint density at radius 3 is 2.26 bits per heavy atom. The number of ether oxygens (including phenoxy) is 2. The van der Waals surface area contributed by atoms with Crippen LogP contribution in [0.4, 0.5) is 16.2 Å². The lowest BCUT2D eigenvalue weighted by molar-refractivity contribution is 0.0635. The molecular formula is C23H24N4O6S.